The molecule has 37 heavy (non-hydrogen) atoms. The Bertz CT molecular complexity index is 1290. The van der Waals surface area contributed by atoms with Crippen molar-refractivity contribution < 1.29 is 27.8 Å². The van der Waals surface area contributed by atoms with E-state index in [0.29, 0.717) is 22.9 Å². The predicted molar refractivity (Wildman–Crippen MR) is 140 cm³/mol. The van der Waals surface area contributed by atoms with Crippen molar-refractivity contribution in [1.29, 1.82) is 0 Å². The Morgan fingerprint density at radius 2 is 1.70 bits per heavy atom. The first kappa shape index (κ1) is 31.0. The number of fused-ring (bicyclic) bond motifs is 1. The standard InChI is InChI=1S/C15H14N4O3.C8H7F3.2C2H6/c1-9(20)18-11-4-3-10(7-13(11)21)22-15-14-12(16-8-17-15)5-6-19(14)2;1-6-3-2-4-7(5-6)8(9,10)11;2*1-2/h3-8,21H,1-2H3,(H,18,20);2-5H,1H3;2*1-2H3. The molecule has 0 fully saturated rings. The van der Waals surface area contributed by atoms with Crippen molar-refractivity contribution in [3.05, 3.63) is 72.2 Å². The van der Waals surface area contributed by atoms with Crippen molar-refractivity contribution in [3.8, 4) is 17.4 Å². The van der Waals surface area contributed by atoms with Gasteiger partial charge in [0.25, 0.3) is 0 Å². The minimum Gasteiger partial charge on any atom is -0.506 e. The number of alkyl halides is 3. The van der Waals surface area contributed by atoms with Crippen LogP contribution in [0.2, 0.25) is 0 Å². The van der Waals surface area contributed by atoms with E-state index in [0.717, 1.165) is 23.2 Å². The summed E-state index contributed by atoms with van der Waals surface area (Å²) in [4.78, 5) is 19.3. The Morgan fingerprint density at radius 1 is 1.03 bits per heavy atom. The second-order valence-corrected chi connectivity index (χ2v) is 7.17. The van der Waals surface area contributed by atoms with Gasteiger partial charge in [-0.15, -0.1) is 0 Å². The maximum absolute atomic E-state index is 12.0. The van der Waals surface area contributed by atoms with Gasteiger partial charge in [-0.25, -0.2) is 4.98 Å². The number of aryl methyl sites for hydroxylation is 2. The summed E-state index contributed by atoms with van der Waals surface area (Å²) in [5.74, 6) is 0.465. The van der Waals surface area contributed by atoms with Crippen LogP contribution in [0.3, 0.4) is 0 Å². The SMILES string of the molecule is CC.CC.CC(=O)Nc1ccc(Oc2ncnc3ccn(C)c23)cc1O.Cc1cccc(C(F)(F)F)c1. The van der Waals surface area contributed by atoms with Gasteiger partial charge in [0, 0.05) is 26.2 Å². The number of ether oxygens (including phenoxy) is 1. The monoisotopic (exact) mass is 518 g/mol. The molecule has 2 aromatic heterocycles. The zero-order chi connectivity index (χ0) is 28.2. The molecule has 2 N–H and O–H groups in total. The first-order valence-corrected chi connectivity index (χ1v) is 11.7. The summed E-state index contributed by atoms with van der Waals surface area (Å²) in [6.45, 7) is 11.0. The Kier molecular flexibility index (Phi) is 12.1. The smallest absolute Gasteiger partial charge is 0.416 e. The average molecular weight is 519 g/mol. The van der Waals surface area contributed by atoms with Crippen molar-refractivity contribution in [2.75, 3.05) is 5.32 Å². The van der Waals surface area contributed by atoms with E-state index in [4.69, 9.17) is 4.74 Å². The minimum atomic E-state index is -4.22. The van der Waals surface area contributed by atoms with E-state index in [1.54, 1.807) is 25.1 Å². The number of nitrogens with zero attached hydrogens (tertiary/aromatic N) is 3. The van der Waals surface area contributed by atoms with E-state index >= 15 is 0 Å². The van der Waals surface area contributed by atoms with Crippen LogP contribution in [0.1, 0.15) is 45.7 Å². The molecule has 1 amide bonds. The molecule has 2 heterocycles. The van der Waals surface area contributed by atoms with E-state index in [1.165, 1.54) is 25.4 Å². The number of carbonyl (C=O) groups excluding carboxylic acids is 1. The average Bonchev–Trinajstić information content (AvgIpc) is 3.25. The molecule has 10 heteroatoms. The van der Waals surface area contributed by atoms with Gasteiger partial charge in [0.15, 0.2) is 0 Å². The molecule has 0 spiro atoms. The summed E-state index contributed by atoms with van der Waals surface area (Å²) >= 11 is 0. The van der Waals surface area contributed by atoms with E-state index in [1.807, 2.05) is 51.6 Å². The lowest BCUT2D eigenvalue weighted by Gasteiger charge is -2.09. The van der Waals surface area contributed by atoms with Gasteiger partial charge in [-0.3, -0.25) is 4.79 Å². The second-order valence-electron chi connectivity index (χ2n) is 7.17. The maximum atomic E-state index is 12.0. The van der Waals surface area contributed by atoms with Gasteiger partial charge in [-0.2, -0.15) is 18.2 Å². The molecule has 0 atom stereocenters. The van der Waals surface area contributed by atoms with Crippen molar-refractivity contribution in [2.45, 2.75) is 47.7 Å². The first-order chi connectivity index (χ1) is 17.5. The molecule has 0 radical (unpaired) electrons. The Morgan fingerprint density at radius 3 is 2.24 bits per heavy atom. The lowest BCUT2D eigenvalue weighted by molar-refractivity contribution is -0.137. The number of hydrogen-bond acceptors (Lipinski definition) is 5. The third-order valence-electron chi connectivity index (χ3n) is 4.47. The Hall–Kier alpha value is -4.08. The molecule has 0 bridgehead atoms. The molecule has 7 nitrogen and oxygen atoms in total. The first-order valence-electron chi connectivity index (χ1n) is 11.7. The fourth-order valence-corrected chi connectivity index (χ4v) is 2.96. The highest BCUT2D eigenvalue weighted by Crippen LogP contribution is 2.32. The van der Waals surface area contributed by atoms with Gasteiger partial charge in [-0.05, 0) is 31.2 Å². The molecule has 0 saturated heterocycles. The lowest BCUT2D eigenvalue weighted by Crippen LogP contribution is -2.05. The number of benzene rings is 2. The summed E-state index contributed by atoms with van der Waals surface area (Å²) in [5.41, 5.74) is 1.89. The van der Waals surface area contributed by atoms with Gasteiger partial charge >= 0.3 is 6.18 Å². The summed E-state index contributed by atoms with van der Waals surface area (Å²) in [7, 11) is 1.87. The second kappa shape index (κ2) is 14.5. The van der Waals surface area contributed by atoms with Gasteiger partial charge in [0.05, 0.1) is 16.8 Å². The maximum Gasteiger partial charge on any atom is 0.416 e. The van der Waals surface area contributed by atoms with Crippen LogP contribution >= 0.6 is 0 Å². The summed E-state index contributed by atoms with van der Waals surface area (Å²) in [6, 6.07) is 11.7. The zero-order valence-corrected chi connectivity index (χ0v) is 22.0. The number of phenolic OH excluding ortho intramolecular Hbond substituents is 1. The topological polar surface area (TPSA) is 89.3 Å². The largest absolute Gasteiger partial charge is 0.506 e. The number of aromatic nitrogens is 3. The van der Waals surface area contributed by atoms with Crippen LogP contribution in [-0.4, -0.2) is 25.5 Å². The van der Waals surface area contributed by atoms with Gasteiger partial charge in [0.2, 0.25) is 11.8 Å². The third-order valence-corrected chi connectivity index (χ3v) is 4.47. The Balaban J connectivity index is 0.000000385. The molecule has 2 aromatic carbocycles. The van der Waals surface area contributed by atoms with E-state index in [9.17, 15) is 23.1 Å². The highest BCUT2D eigenvalue weighted by atomic mass is 19.4. The number of nitrogens with one attached hydrogen (secondary N) is 1. The quantitative estimate of drug-likeness (QED) is 0.274. The number of phenols is 1. The molecule has 0 aliphatic carbocycles. The molecule has 4 rings (SSSR count). The number of rotatable bonds is 3. The van der Waals surface area contributed by atoms with Crippen LogP contribution in [0.4, 0.5) is 18.9 Å². The summed E-state index contributed by atoms with van der Waals surface area (Å²) < 4.78 is 43.5. The van der Waals surface area contributed by atoms with E-state index in [2.05, 4.69) is 15.3 Å². The third kappa shape index (κ3) is 9.14. The van der Waals surface area contributed by atoms with Crippen LogP contribution in [0.15, 0.2) is 61.1 Å². The highest BCUT2D eigenvalue weighted by Gasteiger charge is 2.29. The summed E-state index contributed by atoms with van der Waals surface area (Å²) in [6.07, 6.45) is -0.932. The van der Waals surface area contributed by atoms with Crippen LogP contribution in [-0.2, 0) is 18.0 Å². The van der Waals surface area contributed by atoms with Crippen molar-refractivity contribution in [2.24, 2.45) is 7.05 Å². The van der Waals surface area contributed by atoms with Crippen LogP contribution in [0, 0.1) is 6.92 Å². The molecular formula is C27H33F3N4O3. The molecular weight excluding hydrogens is 485 g/mol. The molecule has 0 unspecified atom stereocenters. The van der Waals surface area contributed by atoms with Crippen LogP contribution in [0.25, 0.3) is 11.0 Å². The van der Waals surface area contributed by atoms with Crippen LogP contribution in [0.5, 0.6) is 17.4 Å². The number of anilines is 1. The highest BCUT2D eigenvalue weighted by molar-refractivity contribution is 5.90. The van der Waals surface area contributed by atoms with Crippen molar-refractivity contribution >= 4 is 22.6 Å². The number of hydrogen-bond donors (Lipinski definition) is 2. The summed E-state index contributed by atoms with van der Waals surface area (Å²) in [5, 5.41) is 12.4. The van der Waals surface area contributed by atoms with Gasteiger partial charge < -0.3 is 19.7 Å². The molecule has 0 saturated carbocycles. The minimum absolute atomic E-state index is 0.0788. The number of aromatic hydroxyl groups is 1. The van der Waals surface area contributed by atoms with E-state index < -0.39 is 11.7 Å². The zero-order valence-electron chi connectivity index (χ0n) is 22.0. The number of carbonyl (C=O) groups is 1. The fraction of sp³-hybridized carbons (Fsp3) is 0.296. The number of halogens is 3. The molecule has 4 aromatic rings. The Labute approximate surface area is 215 Å². The van der Waals surface area contributed by atoms with Crippen molar-refractivity contribution in [3.63, 3.8) is 0 Å². The number of amides is 1. The van der Waals surface area contributed by atoms with E-state index in [-0.39, 0.29) is 11.7 Å². The van der Waals surface area contributed by atoms with Crippen LogP contribution < -0.4 is 10.1 Å². The van der Waals surface area contributed by atoms with Gasteiger partial charge in [0.1, 0.15) is 23.3 Å². The van der Waals surface area contributed by atoms with Gasteiger partial charge in [-0.1, -0.05) is 51.5 Å². The molecule has 0 aliphatic rings. The predicted octanol–water partition coefficient (Wildman–Crippen LogP) is 7.49. The molecule has 0 aliphatic heterocycles. The fourth-order valence-electron chi connectivity index (χ4n) is 2.96. The normalized spacial score (nSPS) is 10.1. The lowest BCUT2D eigenvalue weighted by atomic mass is 10.1. The molecule has 200 valence electrons. The van der Waals surface area contributed by atoms with Crippen molar-refractivity contribution in [1.82, 2.24) is 14.5 Å².